The van der Waals surface area contributed by atoms with Crippen LogP contribution in [0, 0.1) is 0 Å². The topological polar surface area (TPSA) is 42.9 Å². The number of Topliss-reactive ketones (excluding diaryl/α,β-unsaturated/α-hetero) is 1. The summed E-state index contributed by atoms with van der Waals surface area (Å²) < 4.78 is 1.05. The van der Waals surface area contributed by atoms with Gasteiger partial charge in [0.15, 0.2) is 10.8 Å². The zero-order valence-corrected chi connectivity index (χ0v) is 10.4. The van der Waals surface area contributed by atoms with E-state index in [0.29, 0.717) is 11.4 Å². The molecule has 2 aromatic heterocycles. The third-order valence-corrected chi connectivity index (χ3v) is 4.18. The van der Waals surface area contributed by atoms with E-state index in [2.05, 4.69) is 9.97 Å². The summed E-state index contributed by atoms with van der Waals surface area (Å²) in [5.41, 5.74) is 0.889. The lowest BCUT2D eigenvalue weighted by molar-refractivity contribution is 0.0993. The highest BCUT2D eigenvalue weighted by atomic mass is 32.1. The molecule has 2 heterocycles. The van der Waals surface area contributed by atoms with Crippen molar-refractivity contribution in [2.24, 2.45) is 0 Å². The normalized spacial score (nSPS) is 10.8. The maximum absolute atomic E-state index is 12.0. The van der Waals surface area contributed by atoms with E-state index in [1.807, 2.05) is 29.6 Å². The maximum atomic E-state index is 12.0. The molecule has 0 fully saturated rings. The monoisotopic (exact) mass is 260 g/mol. The van der Waals surface area contributed by atoms with Crippen molar-refractivity contribution < 1.29 is 4.79 Å². The second-order valence-corrected chi connectivity index (χ2v) is 5.52. The van der Waals surface area contributed by atoms with Crippen molar-refractivity contribution in [1.29, 1.82) is 0 Å². The van der Waals surface area contributed by atoms with Gasteiger partial charge in [-0.25, -0.2) is 9.97 Å². The van der Waals surface area contributed by atoms with E-state index in [9.17, 15) is 4.79 Å². The molecule has 5 heteroatoms. The molecular weight excluding hydrogens is 252 g/mol. The van der Waals surface area contributed by atoms with E-state index in [-0.39, 0.29) is 5.78 Å². The number of hydrogen-bond acceptors (Lipinski definition) is 5. The number of aromatic nitrogens is 2. The zero-order valence-electron chi connectivity index (χ0n) is 8.79. The van der Waals surface area contributed by atoms with Gasteiger partial charge >= 0.3 is 0 Å². The Morgan fingerprint density at radius 3 is 2.94 bits per heavy atom. The first kappa shape index (κ1) is 10.6. The number of nitrogens with zero attached hydrogens (tertiary/aromatic N) is 2. The van der Waals surface area contributed by atoms with Crippen molar-refractivity contribution >= 4 is 38.7 Å². The first-order valence-electron chi connectivity index (χ1n) is 5.10. The van der Waals surface area contributed by atoms with Gasteiger partial charge in [-0.2, -0.15) is 0 Å². The molecule has 0 unspecified atom stereocenters. The minimum absolute atomic E-state index is 0.0427. The zero-order chi connectivity index (χ0) is 11.7. The summed E-state index contributed by atoms with van der Waals surface area (Å²) in [7, 11) is 0. The SMILES string of the molecule is O=C(Cc1nccs1)c1nc2ccccc2s1. The minimum Gasteiger partial charge on any atom is -0.291 e. The molecule has 3 aromatic rings. The molecule has 0 saturated carbocycles. The summed E-state index contributed by atoms with van der Waals surface area (Å²) in [4.78, 5) is 20.4. The van der Waals surface area contributed by atoms with Gasteiger partial charge in [-0.15, -0.1) is 22.7 Å². The predicted octanol–water partition coefficient (Wildman–Crippen LogP) is 3.18. The highest BCUT2D eigenvalue weighted by molar-refractivity contribution is 7.20. The van der Waals surface area contributed by atoms with Crippen LogP contribution >= 0.6 is 22.7 Å². The molecule has 3 rings (SSSR count). The Labute approximate surface area is 106 Å². The molecule has 0 aliphatic rings. The van der Waals surface area contributed by atoms with Crippen molar-refractivity contribution in [3.8, 4) is 0 Å². The third kappa shape index (κ3) is 2.11. The molecule has 84 valence electrons. The van der Waals surface area contributed by atoms with Gasteiger partial charge in [0.25, 0.3) is 0 Å². The highest BCUT2D eigenvalue weighted by Crippen LogP contribution is 2.22. The van der Waals surface area contributed by atoms with Crippen LogP contribution in [0.2, 0.25) is 0 Å². The second kappa shape index (κ2) is 4.35. The second-order valence-electron chi connectivity index (χ2n) is 3.51. The number of benzene rings is 1. The average Bonchev–Trinajstić information content (AvgIpc) is 2.96. The molecule has 17 heavy (non-hydrogen) atoms. The molecular formula is C12H8N2OS2. The van der Waals surface area contributed by atoms with E-state index in [0.717, 1.165) is 15.2 Å². The average molecular weight is 260 g/mol. The maximum Gasteiger partial charge on any atom is 0.198 e. The van der Waals surface area contributed by atoms with E-state index in [4.69, 9.17) is 0 Å². The Bertz CT molecular complexity index is 625. The van der Waals surface area contributed by atoms with Crippen LogP contribution in [0.3, 0.4) is 0 Å². The Hall–Kier alpha value is -1.59. The Morgan fingerprint density at radius 2 is 2.18 bits per heavy atom. The number of rotatable bonds is 3. The fourth-order valence-electron chi connectivity index (χ4n) is 1.54. The molecule has 1 aromatic carbocycles. The van der Waals surface area contributed by atoms with Crippen molar-refractivity contribution in [2.75, 3.05) is 0 Å². The highest BCUT2D eigenvalue weighted by Gasteiger charge is 2.13. The van der Waals surface area contributed by atoms with Crippen LogP contribution in [0.25, 0.3) is 10.2 Å². The van der Waals surface area contributed by atoms with Crippen LogP contribution in [0.4, 0.5) is 0 Å². The number of carbonyl (C=O) groups is 1. The van der Waals surface area contributed by atoms with E-state index in [1.54, 1.807) is 6.20 Å². The van der Waals surface area contributed by atoms with Gasteiger partial charge < -0.3 is 0 Å². The van der Waals surface area contributed by atoms with Gasteiger partial charge in [-0.3, -0.25) is 4.79 Å². The van der Waals surface area contributed by atoms with Gasteiger partial charge in [0.1, 0.15) is 5.01 Å². The first-order chi connectivity index (χ1) is 8.33. The third-order valence-electron chi connectivity index (χ3n) is 2.33. The summed E-state index contributed by atoms with van der Waals surface area (Å²) in [6, 6.07) is 7.78. The van der Waals surface area contributed by atoms with Crippen LogP contribution in [-0.4, -0.2) is 15.8 Å². The molecule has 0 atom stereocenters. The summed E-state index contributed by atoms with van der Waals surface area (Å²) in [5, 5.41) is 3.29. The van der Waals surface area contributed by atoms with Gasteiger partial charge in [0.2, 0.25) is 0 Å². The standard InChI is InChI=1S/C12H8N2OS2/c15-9(7-11-13-5-6-16-11)12-14-8-3-1-2-4-10(8)17-12/h1-6H,7H2. The molecule has 0 aliphatic heterocycles. The van der Waals surface area contributed by atoms with E-state index >= 15 is 0 Å². The number of fused-ring (bicyclic) bond motifs is 1. The number of ketones is 1. The molecule has 0 aliphatic carbocycles. The summed E-state index contributed by atoms with van der Waals surface area (Å²) >= 11 is 2.94. The number of carbonyl (C=O) groups excluding carboxylic acids is 1. The van der Waals surface area contributed by atoms with Crippen molar-refractivity contribution in [2.45, 2.75) is 6.42 Å². The van der Waals surface area contributed by atoms with Gasteiger partial charge in [0.05, 0.1) is 16.6 Å². The largest absolute Gasteiger partial charge is 0.291 e. The molecule has 0 amide bonds. The van der Waals surface area contributed by atoms with Gasteiger partial charge in [-0.1, -0.05) is 12.1 Å². The van der Waals surface area contributed by atoms with Crippen molar-refractivity contribution in [1.82, 2.24) is 9.97 Å². The smallest absolute Gasteiger partial charge is 0.198 e. The van der Waals surface area contributed by atoms with Crippen LogP contribution in [0.1, 0.15) is 14.8 Å². The van der Waals surface area contributed by atoms with Crippen LogP contribution in [0.15, 0.2) is 35.8 Å². The molecule has 0 radical (unpaired) electrons. The lowest BCUT2D eigenvalue weighted by Crippen LogP contribution is -2.02. The van der Waals surface area contributed by atoms with Crippen molar-refractivity contribution in [3.05, 3.63) is 45.9 Å². The summed E-state index contributed by atoms with van der Waals surface area (Å²) in [6.45, 7) is 0. The Balaban J connectivity index is 1.90. The predicted molar refractivity (Wildman–Crippen MR) is 69.8 cm³/mol. The molecule has 0 saturated heterocycles. The molecule has 0 spiro atoms. The van der Waals surface area contributed by atoms with Crippen molar-refractivity contribution in [3.63, 3.8) is 0 Å². The van der Waals surface area contributed by atoms with Gasteiger partial charge in [-0.05, 0) is 12.1 Å². The quantitative estimate of drug-likeness (QED) is 0.679. The lowest BCUT2D eigenvalue weighted by Gasteiger charge is -1.91. The fourth-order valence-corrected chi connectivity index (χ4v) is 3.06. The molecule has 0 N–H and O–H groups in total. The minimum atomic E-state index is 0.0427. The van der Waals surface area contributed by atoms with Gasteiger partial charge in [0, 0.05) is 11.6 Å². The summed E-state index contributed by atoms with van der Waals surface area (Å²) in [5.74, 6) is 0.0427. The Morgan fingerprint density at radius 1 is 1.29 bits per heavy atom. The lowest BCUT2D eigenvalue weighted by atomic mass is 10.3. The van der Waals surface area contributed by atoms with E-state index < -0.39 is 0 Å². The molecule has 0 bridgehead atoms. The fraction of sp³-hybridized carbons (Fsp3) is 0.0833. The Kier molecular flexibility index (Phi) is 2.70. The molecule has 3 nitrogen and oxygen atoms in total. The van der Waals surface area contributed by atoms with Crippen LogP contribution in [-0.2, 0) is 6.42 Å². The first-order valence-corrected chi connectivity index (χ1v) is 6.80. The summed E-state index contributed by atoms with van der Waals surface area (Å²) in [6.07, 6.45) is 2.06. The van der Waals surface area contributed by atoms with E-state index in [1.165, 1.54) is 22.7 Å². The van der Waals surface area contributed by atoms with Crippen LogP contribution in [0.5, 0.6) is 0 Å². The number of thiazole rings is 2. The van der Waals surface area contributed by atoms with Crippen LogP contribution < -0.4 is 0 Å². The number of hydrogen-bond donors (Lipinski definition) is 0. The number of para-hydroxylation sites is 1.